The van der Waals surface area contributed by atoms with Crippen LogP contribution in [0.5, 0.6) is 0 Å². The van der Waals surface area contributed by atoms with E-state index in [1.807, 2.05) is 0 Å². The van der Waals surface area contributed by atoms with E-state index in [9.17, 15) is 0 Å². The van der Waals surface area contributed by atoms with Crippen molar-refractivity contribution < 1.29 is 0 Å². The molecule has 1 aromatic rings. The van der Waals surface area contributed by atoms with Gasteiger partial charge >= 0.3 is 0 Å². The minimum absolute atomic E-state index is 0.642. The Morgan fingerprint density at radius 2 is 2.00 bits per heavy atom. The van der Waals surface area contributed by atoms with Crippen LogP contribution >= 0.6 is 45.2 Å². The van der Waals surface area contributed by atoms with Gasteiger partial charge in [-0.1, -0.05) is 59.0 Å². The highest BCUT2D eigenvalue weighted by Crippen LogP contribution is 2.27. The molecule has 2 heteroatoms. The predicted molar refractivity (Wildman–Crippen MR) is 78.7 cm³/mol. The Bertz CT molecular complexity index is 391. The summed E-state index contributed by atoms with van der Waals surface area (Å²) in [5, 5.41) is 0. The van der Waals surface area contributed by atoms with Crippen molar-refractivity contribution in [3.05, 3.63) is 51.6 Å². The van der Waals surface area contributed by atoms with Gasteiger partial charge in [0.1, 0.15) is 0 Å². The summed E-state index contributed by atoms with van der Waals surface area (Å²) in [6.45, 7) is 0. The van der Waals surface area contributed by atoms with Gasteiger partial charge in [-0.2, -0.15) is 0 Å². The van der Waals surface area contributed by atoms with Crippen LogP contribution in [0.2, 0.25) is 0 Å². The molecule has 1 aromatic carbocycles. The van der Waals surface area contributed by atoms with E-state index in [1.165, 1.54) is 14.7 Å². The van der Waals surface area contributed by atoms with Crippen LogP contribution in [0.3, 0.4) is 0 Å². The smallest absolute Gasteiger partial charge is 0.0332 e. The normalized spacial score (nSPS) is 20.7. The van der Waals surface area contributed by atoms with Crippen LogP contribution in [0.4, 0.5) is 0 Å². The first kappa shape index (κ1) is 10.7. The van der Waals surface area contributed by atoms with E-state index in [0.29, 0.717) is 3.92 Å². The third kappa shape index (κ3) is 2.39. The molecule has 1 aliphatic rings. The zero-order valence-electron chi connectivity index (χ0n) is 7.58. The molecule has 1 aliphatic carbocycles. The van der Waals surface area contributed by atoms with Crippen LogP contribution < -0.4 is 0 Å². The van der Waals surface area contributed by atoms with E-state index in [4.69, 9.17) is 0 Å². The van der Waals surface area contributed by atoms with E-state index >= 15 is 0 Å². The molecule has 72 valence electrons. The molecule has 0 aliphatic heterocycles. The van der Waals surface area contributed by atoms with Crippen molar-refractivity contribution in [2.75, 3.05) is 0 Å². The SMILES string of the molecule is Ic1ccccc1C1=CC(I)CC=C1. The minimum Gasteiger partial charge on any atom is -0.0826 e. The molecular formula is C12H10I2. The molecule has 0 radical (unpaired) electrons. The number of hydrogen-bond acceptors (Lipinski definition) is 0. The van der Waals surface area contributed by atoms with Crippen LogP contribution in [0.25, 0.3) is 5.57 Å². The topological polar surface area (TPSA) is 0 Å². The number of allylic oxidation sites excluding steroid dienone is 4. The molecule has 0 saturated heterocycles. The second kappa shape index (κ2) is 4.79. The highest BCUT2D eigenvalue weighted by molar-refractivity contribution is 14.1. The summed E-state index contributed by atoms with van der Waals surface area (Å²) in [4.78, 5) is 0. The van der Waals surface area contributed by atoms with Crippen LogP contribution in [0, 0.1) is 3.57 Å². The van der Waals surface area contributed by atoms with Gasteiger partial charge in [-0.05, 0) is 46.2 Å². The fourth-order valence-electron chi connectivity index (χ4n) is 1.52. The van der Waals surface area contributed by atoms with Crippen LogP contribution in [0.1, 0.15) is 12.0 Å². The number of benzene rings is 1. The van der Waals surface area contributed by atoms with Crippen molar-refractivity contribution in [1.29, 1.82) is 0 Å². The average Bonchev–Trinajstić information content (AvgIpc) is 2.18. The quantitative estimate of drug-likeness (QED) is 0.477. The monoisotopic (exact) mass is 408 g/mol. The summed E-state index contributed by atoms with van der Waals surface area (Å²) in [7, 11) is 0. The van der Waals surface area contributed by atoms with Gasteiger partial charge in [0, 0.05) is 7.49 Å². The predicted octanol–water partition coefficient (Wildman–Crippen LogP) is 4.44. The Labute approximate surface area is 112 Å². The maximum atomic E-state index is 2.48. The largest absolute Gasteiger partial charge is 0.0826 e. The first-order valence-electron chi connectivity index (χ1n) is 4.55. The lowest BCUT2D eigenvalue weighted by atomic mass is 10.00. The van der Waals surface area contributed by atoms with Crippen molar-refractivity contribution >= 4 is 50.8 Å². The summed E-state index contributed by atoms with van der Waals surface area (Å²) in [6.07, 6.45) is 7.99. The standard InChI is InChI=1S/C12H10I2/c13-10-5-3-4-9(8-10)11-6-1-2-7-12(11)14/h1-4,6-8,10H,5H2. The number of alkyl halides is 1. The van der Waals surface area contributed by atoms with Gasteiger partial charge in [0.05, 0.1) is 0 Å². The third-order valence-corrected chi connectivity index (χ3v) is 4.01. The van der Waals surface area contributed by atoms with E-state index in [0.717, 1.165) is 6.42 Å². The highest BCUT2D eigenvalue weighted by Gasteiger charge is 2.08. The maximum Gasteiger partial charge on any atom is 0.0332 e. The van der Waals surface area contributed by atoms with E-state index < -0.39 is 0 Å². The van der Waals surface area contributed by atoms with Gasteiger partial charge < -0.3 is 0 Å². The summed E-state index contributed by atoms with van der Waals surface area (Å²) >= 11 is 4.87. The molecule has 1 unspecified atom stereocenters. The second-order valence-electron chi connectivity index (χ2n) is 3.26. The maximum absolute atomic E-state index is 2.48. The Hall–Kier alpha value is 0.160. The summed E-state index contributed by atoms with van der Waals surface area (Å²) in [5.74, 6) is 0. The van der Waals surface area contributed by atoms with Crippen molar-refractivity contribution in [2.24, 2.45) is 0 Å². The molecule has 0 N–H and O–H groups in total. The van der Waals surface area contributed by atoms with Gasteiger partial charge in [0.15, 0.2) is 0 Å². The Kier molecular flexibility index (Phi) is 3.65. The zero-order valence-corrected chi connectivity index (χ0v) is 11.9. The lowest BCUT2D eigenvalue weighted by Gasteiger charge is -2.12. The van der Waals surface area contributed by atoms with Crippen molar-refractivity contribution in [3.63, 3.8) is 0 Å². The Balaban J connectivity index is 2.40. The van der Waals surface area contributed by atoms with Gasteiger partial charge in [-0.25, -0.2) is 0 Å². The second-order valence-corrected chi connectivity index (χ2v) is 6.02. The van der Waals surface area contributed by atoms with E-state index in [-0.39, 0.29) is 0 Å². The van der Waals surface area contributed by atoms with Crippen LogP contribution in [0.15, 0.2) is 42.5 Å². The number of rotatable bonds is 1. The molecule has 0 saturated carbocycles. The number of halogens is 2. The van der Waals surface area contributed by atoms with Gasteiger partial charge in [-0.15, -0.1) is 0 Å². The molecule has 0 spiro atoms. The van der Waals surface area contributed by atoms with Crippen LogP contribution in [-0.2, 0) is 0 Å². The molecule has 2 rings (SSSR count). The molecular weight excluding hydrogens is 398 g/mol. The van der Waals surface area contributed by atoms with Gasteiger partial charge in [0.2, 0.25) is 0 Å². The Morgan fingerprint density at radius 1 is 1.21 bits per heavy atom. The zero-order chi connectivity index (χ0) is 9.97. The first-order valence-corrected chi connectivity index (χ1v) is 6.87. The fraction of sp³-hybridized carbons (Fsp3) is 0.167. The molecule has 0 nitrogen and oxygen atoms in total. The molecule has 0 bridgehead atoms. The van der Waals surface area contributed by atoms with Crippen molar-refractivity contribution in [2.45, 2.75) is 10.3 Å². The van der Waals surface area contributed by atoms with Crippen molar-refractivity contribution in [3.8, 4) is 0 Å². The summed E-state index contributed by atoms with van der Waals surface area (Å²) in [6, 6.07) is 8.52. The number of hydrogen-bond donors (Lipinski definition) is 0. The van der Waals surface area contributed by atoms with E-state index in [1.54, 1.807) is 0 Å². The minimum atomic E-state index is 0.642. The molecule has 0 amide bonds. The molecule has 0 heterocycles. The fourth-order valence-corrected chi connectivity index (χ4v) is 2.90. The summed E-state index contributed by atoms with van der Waals surface area (Å²) in [5.41, 5.74) is 2.71. The van der Waals surface area contributed by atoms with Crippen LogP contribution in [-0.4, -0.2) is 3.92 Å². The Morgan fingerprint density at radius 3 is 2.71 bits per heavy atom. The van der Waals surface area contributed by atoms with Crippen molar-refractivity contribution in [1.82, 2.24) is 0 Å². The molecule has 0 aromatic heterocycles. The third-order valence-electron chi connectivity index (χ3n) is 2.20. The van der Waals surface area contributed by atoms with Gasteiger partial charge in [-0.3, -0.25) is 0 Å². The molecule has 0 fully saturated rings. The summed E-state index contributed by atoms with van der Waals surface area (Å²) < 4.78 is 1.97. The lowest BCUT2D eigenvalue weighted by Crippen LogP contribution is -1.98. The molecule has 1 atom stereocenters. The van der Waals surface area contributed by atoms with E-state index in [2.05, 4.69) is 87.7 Å². The average molecular weight is 408 g/mol. The lowest BCUT2D eigenvalue weighted by molar-refractivity contribution is 1.10. The molecule has 14 heavy (non-hydrogen) atoms. The van der Waals surface area contributed by atoms with Gasteiger partial charge in [0.25, 0.3) is 0 Å². The highest BCUT2D eigenvalue weighted by atomic mass is 127. The first-order chi connectivity index (χ1) is 6.77.